The van der Waals surface area contributed by atoms with Gasteiger partial charge in [0, 0.05) is 5.69 Å². The van der Waals surface area contributed by atoms with Crippen LogP contribution in [-0.4, -0.2) is 50.4 Å². The number of esters is 1. The number of hydrogen-bond acceptors (Lipinski definition) is 12. The Morgan fingerprint density at radius 2 is 2.03 bits per heavy atom. The van der Waals surface area contributed by atoms with E-state index in [0.29, 0.717) is 11.2 Å². The van der Waals surface area contributed by atoms with E-state index in [-0.39, 0.29) is 53.2 Å². The number of phosphoric ester groups is 1. The third-order valence-corrected chi connectivity index (χ3v) is 5.99. The molecular weight excluding hydrogens is 454 g/mol. The molecule has 15 heteroatoms. The molecule has 32 heavy (non-hydrogen) atoms. The Morgan fingerprint density at radius 3 is 2.81 bits per heavy atom. The molecule has 4 N–H and O–H groups in total. The zero-order valence-electron chi connectivity index (χ0n) is 16.7. The van der Waals surface area contributed by atoms with Gasteiger partial charge in [-0.05, 0) is 12.1 Å². The van der Waals surface area contributed by atoms with Crippen LogP contribution in [-0.2, 0) is 23.1 Å². The number of benzene rings is 1. The predicted molar refractivity (Wildman–Crippen MR) is 102 cm³/mol. The van der Waals surface area contributed by atoms with Crippen LogP contribution in [0.15, 0.2) is 36.9 Å². The van der Waals surface area contributed by atoms with Gasteiger partial charge in [0.05, 0.1) is 18.5 Å². The number of aromatic nitrogens is 4. The van der Waals surface area contributed by atoms with Crippen LogP contribution in [0.1, 0.15) is 16.6 Å². The number of hydrogen-bond donors (Lipinski definition) is 2. The van der Waals surface area contributed by atoms with Crippen LogP contribution in [0.3, 0.4) is 0 Å². The molecule has 1 aromatic carbocycles. The van der Waals surface area contributed by atoms with Gasteiger partial charge in [-0.15, -0.1) is 0 Å². The third kappa shape index (κ3) is 4.02. The number of anilines is 2. The number of nitrogen functional groups attached to an aromatic ring is 2. The number of rotatable bonds is 3. The van der Waals surface area contributed by atoms with Crippen molar-refractivity contribution in [3.63, 3.8) is 0 Å². The molecule has 2 aliphatic heterocycles. The maximum absolute atomic E-state index is 12.8. The Labute approximate surface area is 202 Å². The van der Waals surface area contributed by atoms with Crippen LogP contribution in [0.25, 0.3) is 11.2 Å². The average molecular weight is 470 g/mol. The quantitative estimate of drug-likeness (QED) is 0.171. The molecule has 5 unspecified atom stereocenters. The van der Waals surface area contributed by atoms with Gasteiger partial charge in [0.2, 0.25) is 0 Å². The summed E-state index contributed by atoms with van der Waals surface area (Å²) in [6, 6.07) is 6.32. The van der Waals surface area contributed by atoms with Gasteiger partial charge in [-0.25, -0.2) is 19.7 Å². The van der Waals surface area contributed by atoms with Crippen LogP contribution in [0, 0.1) is 0 Å². The van der Waals surface area contributed by atoms with Gasteiger partial charge >= 0.3 is 35.5 Å². The third-order valence-electron chi connectivity index (χ3n) is 5.02. The van der Waals surface area contributed by atoms with E-state index in [0.717, 1.165) is 0 Å². The maximum atomic E-state index is 12.8. The molecular formula is C17H16N6NaO7P. The first kappa shape index (κ1) is 23.1. The molecule has 0 bridgehead atoms. The zero-order chi connectivity index (χ0) is 21.8. The van der Waals surface area contributed by atoms with Crippen molar-refractivity contribution in [2.45, 2.75) is 24.5 Å². The van der Waals surface area contributed by atoms with Crippen LogP contribution < -0.4 is 45.9 Å². The zero-order valence-corrected chi connectivity index (χ0v) is 19.6. The smallest absolute Gasteiger partial charge is 0.756 e. The van der Waals surface area contributed by atoms with E-state index in [1.54, 1.807) is 18.2 Å². The average Bonchev–Trinajstić information content (AvgIpc) is 3.30. The molecule has 0 radical (unpaired) electrons. The van der Waals surface area contributed by atoms with Gasteiger partial charge in [0.15, 0.2) is 23.8 Å². The second kappa shape index (κ2) is 8.69. The molecule has 2 saturated heterocycles. The molecule has 0 spiro atoms. The largest absolute Gasteiger partial charge is 1.00 e. The summed E-state index contributed by atoms with van der Waals surface area (Å²) in [7, 11) is -4.59. The van der Waals surface area contributed by atoms with Crippen molar-refractivity contribution in [3.05, 3.63) is 42.5 Å². The van der Waals surface area contributed by atoms with Gasteiger partial charge in [-0.3, -0.25) is 9.13 Å². The predicted octanol–water partition coefficient (Wildman–Crippen LogP) is -3.00. The van der Waals surface area contributed by atoms with Crippen molar-refractivity contribution in [3.8, 4) is 0 Å². The molecule has 13 nitrogen and oxygen atoms in total. The Morgan fingerprint density at radius 1 is 1.25 bits per heavy atom. The second-order valence-corrected chi connectivity index (χ2v) is 8.28. The fraction of sp³-hybridized carbons (Fsp3) is 0.294. The van der Waals surface area contributed by atoms with Crippen molar-refractivity contribution in [2.75, 3.05) is 18.1 Å². The van der Waals surface area contributed by atoms with Crippen LogP contribution >= 0.6 is 7.82 Å². The number of imidazole rings is 1. The van der Waals surface area contributed by atoms with Gasteiger partial charge in [0.25, 0.3) is 7.82 Å². The Kier molecular flexibility index (Phi) is 6.27. The van der Waals surface area contributed by atoms with E-state index in [1.807, 2.05) is 0 Å². The molecule has 3 aromatic rings. The minimum atomic E-state index is -4.59. The minimum absolute atomic E-state index is 0. The van der Waals surface area contributed by atoms with E-state index < -0.39 is 38.3 Å². The summed E-state index contributed by atoms with van der Waals surface area (Å²) in [5.74, 6) is -0.625. The summed E-state index contributed by atoms with van der Waals surface area (Å²) in [6.07, 6.45) is -1.56. The molecule has 0 aliphatic carbocycles. The molecule has 162 valence electrons. The Hall–Kier alpha value is -2.09. The van der Waals surface area contributed by atoms with Crippen LogP contribution in [0.2, 0.25) is 0 Å². The van der Waals surface area contributed by atoms with E-state index in [2.05, 4.69) is 15.0 Å². The Balaban J connectivity index is 0.00000245. The van der Waals surface area contributed by atoms with Gasteiger partial charge in [-0.2, -0.15) is 0 Å². The van der Waals surface area contributed by atoms with E-state index in [1.165, 1.54) is 23.3 Å². The molecule has 5 rings (SSSR count). The number of carbonyl (C=O) groups is 1. The molecule has 0 amide bonds. The fourth-order valence-electron chi connectivity index (χ4n) is 3.59. The number of nitrogens with two attached hydrogens (primary N) is 2. The summed E-state index contributed by atoms with van der Waals surface area (Å²) >= 11 is 0. The number of ether oxygens (including phenoxy) is 2. The SMILES string of the molecule is Nc1ccccc1C(=O)OC1C2OP(=O)([O-])OCC2OC1n1cnc2c(N)ncnc21.[Na+]. The molecule has 2 fully saturated rings. The monoisotopic (exact) mass is 470 g/mol. The summed E-state index contributed by atoms with van der Waals surface area (Å²) in [4.78, 5) is 37.0. The van der Waals surface area contributed by atoms with Crippen LogP contribution in [0.5, 0.6) is 0 Å². The van der Waals surface area contributed by atoms with E-state index in [9.17, 15) is 14.3 Å². The number of para-hydroxylation sites is 1. The second-order valence-electron chi connectivity index (χ2n) is 6.92. The maximum Gasteiger partial charge on any atom is 1.00 e. The van der Waals surface area contributed by atoms with E-state index >= 15 is 0 Å². The molecule has 0 saturated carbocycles. The first-order chi connectivity index (χ1) is 14.8. The number of phosphoric acid groups is 1. The van der Waals surface area contributed by atoms with Crippen molar-refractivity contribution < 1.29 is 62.3 Å². The molecule has 2 aromatic heterocycles. The van der Waals surface area contributed by atoms with Crippen molar-refractivity contribution in [2.24, 2.45) is 0 Å². The summed E-state index contributed by atoms with van der Waals surface area (Å²) in [5, 5.41) is 0. The summed E-state index contributed by atoms with van der Waals surface area (Å²) in [6.45, 7) is -0.298. The number of fused-ring (bicyclic) bond motifs is 2. The first-order valence-electron chi connectivity index (χ1n) is 9.12. The van der Waals surface area contributed by atoms with Gasteiger partial charge in [-0.1, -0.05) is 12.1 Å². The van der Waals surface area contributed by atoms with Crippen molar-refractivity contribution >= 4 is 36.5 Å². The van der Waals surface area contributed by atoms with Crippen LogP contribution in [0.4, 0.5) is 11.5 Å². The summed E-state index contributed by atoms with van der Waals surface area (Å²) in [5.41, 5.74) is 12.6. The van der Waals surface area contributed by atoms with Crippen molar-refractivity contribution in [1.82, 2.24) is 19.5 Å². The fourth-order valence-corrected chi connectivity index (χ4v) is 4.53. The molecule has 5 atom stereocenters. The van der Waals surface area contributed by atoms with Gasteiger partial charge in [0.1, 0.15) is 24.1 Å². The van der Waals surface area contributed by atoms with Crippen molar-refractivity contribution in [1.29, 1.82) is 0 Å². The standard InChI is InChI=1S/C17H17N6O7P.Na/c18-9-4-2-1-3-8(9)17(24)29-13-12-10(5-27-31(25,26)30-12)28-16(13)23-7-22-11-14(19)20-6-21-15(11)23;/h1-4,6-7,10,12-13,16H,5,18H2,(H,25,26)(H2,19,20,21);/q;+1/p-1. The Bertz CT molecular complexity index is 1230. The van der Waals surface area contributed by atoms with E-state index in [4.69, 9.17) is 30.0 Å². The summed E-state index contributed by atoms with van der Waals surface area (Å²) < 4.78 is 34.8. The molecule has 2 aliphatic rings. The molecule has 4 heterocycles. The van der Waals surface area contributed by atoms with Gasteiger partial charge < -0.3 is 34.9 Å². The number of carbonyl (C=O) groups excluding carboxylic acids is 1. The topological polar surface area (TPSA) is 190 Å². The normalized spacial score (nSPS) is 29.3. The first-order valence-corrected chi connectivity index (χ1v) is 10.6. The number of nitrogens with zero attached hydrogens (tertiary/aromatic N) is 4. The minimum Gasteiger partial charge on any atom is -0.756 e.